The van der Waals surface area contributed by atoms with E-state index in [0.29, 0.717) is 0 Å². The van der Waals surface area contributed by atoms with Gasteiger partial charge < -0.3 is 4.90 Å². The van der Waals surface area contributed by atoms with Crippen molar-refractivity contribution in [3.63, 3.8) is 0 Å². The predicted octanol–water partition coefficient (Wildman–Crippen LogP) is 4.94. The van der Waals surface area contributed by atoms with Crippen molar-refractivity contribution in [3.8, 4) is 0 Å². The van der Waals surface area contributed by atoms with E-state index >= 15 is 0 Å². The molecule has 4 heteroatoms. The zero-order valence-corrected chi connectivity index (χ0v) is 14.8. The molecule has 0 saturated heterocycles. The Kier molecular flexibility index (Phi) is 5.57. The van der Waals surface area contributed by atoms with Crippen LogP contribution in [0.4, 0.5) is 0 Å². The molecule has 0 unspecified atom stereocenters. The summed E-state index contributed by atoms with van der Waals surface area (Å²) in [6.45, 7) is 2.74. The Bertz CT molecular complexity index is 643. The van der Waals surface area contributed by atoms with Crippen molar-refractivity contribution >= 4 is 32.9 Å². The summed E-state index contributed by atoms with van der Waals surface area (Å²) < 4.78 is 1.13. The monoisotopic (exact) mass is 374 g/mol. The number of halogens is 1. The molecule has 0 fully saturated rings. The first kappa shape index (κ1) is 15.6. The Balaban J connectivity index is 1.80. The first-order valence-electron chi connectivity index (χ1n) is 7.52. The second-order valence-electron chi connectivity index (χ2n) is 5.34. The summed E-state index contributed by atoms with van der Waals surface area (Å²) in [5.74, 6) is 1.17. The van der Waals surface area contributed by atoms with Gasteiger partial charge in [0.05, 0.1) is 0 Å². The molecule has 2 aromatic rings. The average molecular weight is 375 g/mol. The van der Waals surface area contributed by atoms with Gasteiger partial charge in [0, 0.05) is 29.9 Å². The molecular weight excluding hydrogens is 356 g/mol. The molecule has 0 radical (unpaired) electrons. The second-order valence-corrected chi connectivity index (χ2v) is 7.32. The first-order chi connectivity index (χ1) is 10.8. The fourth-order valence-electron chi connectivity index (χ4n) is 2.49. The quantitative estimate of drug-likeness (QED) is 0.752. The van der Waals surface area contributed by atoms with E-state index in [4.69, 9.17) is 4.99 Å². The summed E-state index contributed by atoms with van der Waals surface area (Å²) in [6, 6.07) is 19.2. The van der Waals surface area contributed by atoms with Crippen molar-refractivity contribution in [2.75, 3.05) is 12.3 Å². The standard InChI is InChI=1S/C18H19BrN2S/c19-17-9-4-8-16(12-17)14-21(18-20-10-5-11-22-18)13-15-6-2-1-3-7-15/h1-4,6-9,12H,5,10-11,13-14H2. The molecule has 2 nitrogen and oxygen atoms in total. The Morgan fingerprint density at radius 3 is 2.50 bits per heavy atom. The number of aliphatic imine (C=N–C) groups is 1. The van der Waals surface area contributed by atoms with E-state index in [1.54, 1.807) is 0 Å². The van der Waals surface area contributed by atoms with Crippen LogP contribution in [0, 0.1) is 0 Å². The number of amidine groups is 1. The van der Waals surface area contributed by atoms with E-state index in [2.05, 4.69) is 75.4 Å². The van der Waals surface area contributed by atoms with Crippen LogP contribution in [0.1, 0.15) is 17.5 Å². The van der Waals surface area contributed by atoms with Gasteiger partial charge in [-0.15, -0.1) is 0 Å². The molecule has 0 bridgehead atoms. The molecule has 1 aliphatic rings. The highest BCUT2D eigenvalue weighted by Crippen LogP contribution is 2.21. The third-order valence-corrected chi connectivity index (χ3v) is 5.16. The van der Waals surface area contributed by atoms with E-state index in [9.17, 15) is 0 Å². The highest BCUT2D eigenvalue weighted by Gasteiger charge is 2.15. The molecule has 114 valence electrons. The maximum atomic E-state index is 4.74. The third kappa shape index (κ3) is 4.37. The lowest BCUT2D eigenvalue weighted by Crippen LogP contribution is -2.30. The molecule has 0 atom stereocenters. The summed E-state index contributed by atoms with van der Waals surface area (Å²) in [6.07, 6.45) is 1.18. The Morgan fingerprint density at radius 2 is 1.77 bits per heavy atom. The van der Waals surface area contributed by atoms with E-state index in [-0.39, 0.29) is 0 Å². The van der Waals surface area contributed by atoms with Gasteiger partial charge in [-0.3, -0.25) is 4.99 Å². The van der Waals surface area contributed by atoms with Crippen LogP contribution in [-0.4, -0.2) is 22.4 Å². The van der Waals surface area contributed by atoms with E-state index in [1.165, 1.54) is 28.5 Å². The van der Waals surface area contributed by atoms with Crippen LogP contribution in [0.3, 0.4) is 0 Å². The number of hydrogen-bond donors (Lipinski definition) is 0. The third-order valence-electron chi connectivity index (χ3n) is 3.53. The Labute approximate surface area is 144 Å². The zero-order chi connectivity index (χ0) is 15.2. The van der Waals surface area contributed by atoms with Gasteiger partial charge in [-0.1, -0.05) is 70.2 Å². The van der Waals surface area contributed by atoms with Gasteiger partial charge in [0.1, 0.15) is 0 Å². The predicted molar refractivity (Wildman–Crippen MR) is 99.2 cm³/mol. The number of benzene rings is 2. The van der Waals surface area contributed by atoms with Crippen molar-refractivity contribution in [2.45, 2.75) is 19.5 Å². The van der Waals surface area contributed by atoms with Gasteiger partial charge in [0.25, 0.3) is 0 Å². The number of rotatable bonds is 4. The van der Waals surface area contributed by atoms with E-state index < -0.39 is 0 Å². The van der Waals surface area contributed by atoms with Crippen LogP contribution < -0.4 is 0 Å². The van der Waals surface area contributed by atoms with Crippen molar-refractivity contribution in [2.24, 2.45) is 4.99 Å². The zero-order valence-electron chi connectivity index (χ0n) is 12.4. The minimum atomic E-state index is 0.889. The molecule has 1 heterocycles. The average Bonchev–Trinajstić information content (AvgIpc) is 2.56. The lowest BCUT2D eigenvalue weighted by Gasteiger charge is -2.28. The minimum absolute atomic E-state index is 0.889. The molecule has 22 heavy (non-hydrogen) atoms. The van der Waals surface area contributed by atoms with Gasteiger partial charge in [0.15, 0.2) is 5.17 Å². The molecule has 0 aliphatic carbocycles. The summed E-state index contributed by atoms with van der Waals surface area (Å²) in [5.41, 5.74) is 2.63. The highest BCUT2D eigenvalue weighted by atomic mass is 79.9. The summed E-state index contributed by atoms with van der Waals surface area (Å²) in [4.78, 5) is 7.13. The number of nitrogens with zero attached hydrogens (tertiary/aromatic N) is 2. The molecular formula is C18H19BrN2S. The van der Waals surface area contributed by atoms with Gasteiger partial charge >= 0.3 is 0 Å². The van der Waals surface area contributed by atoms with Gasteiger partial charge in [-0.25, -0.2) is 0 Å². The maximum absolute atomic E-state index is 4.74. The van der Waals surface area contributed by atoms with Gasteiger partial charge in [0.2, 0.25) is 0 Å². The molecule has 0 N–H and O–H groups in total. The number of thioether (sulfide) groups is 1. The Morgan fingerprint density at radius 1 is 1.00 bits per heavy atom. The molecule has 0 amide bonds. The Hall–Kier alpha value is -1.26. The largest absolute Gasteiger partial charge is 0.343 e. The summed E-state index contributed by atoms with van der Waals surface area (Å²) in [5, 5.41) is 1.18. The molecule has 0 spiro atoms. The van der Waals surface area contributed by atoms with Crippen molar-refractivity contribution < 1.29 is 0 Å². The second kappa shape index (κ2) is 7.84. The van der Waals surface area contributed by atoms with Crippen LogP contribution in [0.25, 0.3) is 0 Å². The fourth-order valence-corrected chi connectivity index (χ4v) is 3.89. The normalized spacial score (nSPS) is 14.5. The molecule has 1 aliphatic heterocycles. The van der Waals surface area contributed by atoms with Crippen LogP contribution in [0.15, 0.2) is 64.1 Å². The van der Waals surface area contributed by atoms with Crippen molar-refractivity contribution in [1.82, 2.24) is 4.90 Å². The molecule has 3 rings (SSSR count). The summed E-state index contributed by atoms with van der Waals surface area (Å²) >= 11 is 5.44. The van der Waals surface area contributed by atoms with Crippen LogP contribution in [-0.2, 0) is 13.1 Å². The maximum Gasteiger partial charge on any atom is 0.159 e. The molecule has 0 aromatic heterocycles. The lowest BCUT2D eigenvalue weighted by atomic mass is 10.2. The van der Waals surface area contributed by atoms with Crippen LogP contribution >= 0.6 is 27.7 Å². The van der Waals surface area contributed by atoms with Crippen molar-refractivity contribution in [1.29, 1.82) is 0 Å². The van der Waals surface area contributed by atoms with Crippen molar-refractivity contribution in [3.05, 3.63) is 70.2 Å². The topological polar surface area (TPSA) is 15.6 Å². The van der Waals surface area contributed by atoms with Crippen LogP contribution in [0.5, 0.6) is 0 Å². The van der Waals surface area contributed by atoms with Crippen LogP contribution in [0.2, 0.25) is 0 Å². The van der Waals surface area contributed by atoms with Gasteiger partial charge in [-0.2, -0.15) is 0 Å². The summed E-state index contributed by atoms with van der Waals surface area (Å²) in [7, 11) is 0. The smallest absolute Gasteiger partial charge is 0.159 e. The SMILES string of the molecule is Brc1cccc(CN(Cc2ccccc2)C2=NCCCS2)c1. The fraction of sp³-hybridized carbons (Fsp3) is 0.278. The van der Waals surface area contributed by atoms with E-state index in [1.807, 2.05) is 11.8 Å². The highest BCUT2D eigenvalue weighted by molar-refractivity contribution is 9.10. The number of hydrogen-bond acceptors (Lipinski definition) is 3. The molecule has 2 aromatic carbocycles. The minimum Gasteiger partial charge on any atom is -0.343 e. The lowest BCUT2D eigenvalue weighted by molar-refractivity contribution is 0.412. The molecule has 0 saturated carbocycles. The van der Waals surface area contributed by atoms with Gasteiger partial charge in [-0.05, 0) is 29.7 Å². The van der Waals surface area contributed by atoms with E-state index in [0.717, 1.165) is 24.1 Å². The first-order valence-corrected chi connectivity index (χ1v) is 9.30.